The van der Waals surface area contributed by atoms with Crippen LogP contribution < -0.4 is 5.32 Å². The molecule has 3 rings (SSSR count). The van der Waals surface area contributed by atoms with Crippen LogP contribution in [-0.2, 0) is 9.47 Å². The number of amides is 2. The van der Waals surface area contributed by atoms with Crippen LogP contribution in [0.5, 0.6) is 0 Å². The van der Waals surface area contributed by atoms with Crippen molar-refractivity contribution in [1.82, 2.24) is 20.1 Å². The van der Waals surface area contributed by atoms with Crippen molar-refractivity contribution in [1.29, 1.82) is 0 Å². The largest absolute Gasteiger partial charge is 0.385 e. The minimum absolute atomic E-state index is 0.0450. The van der Waals surface area contributed by atoms with Gasteiger partial charge in [-0.25, -0.2) is 4.79 Å². The van der Waals surface area contributed by atoms with Gasteiger partial charge in [0, 0.05) is 65.4 Å². The van der Waals surface area contributed by atoms with Crippen molar-refractivity contribution in [3.05, 3.63) is 30.1 Å². The normalized spacial score (nSPS) is 24.3. The molecule has 0 unspecified atom stereocenters. The molecule has 0 aromatic carbocycles. The van der Waals surface area contributed by atoms with E-state index >= 15 is 0 Å². The second-order valence-corrected chi connectivity index (χ2v) is 6.99. The summed E-state index contributed by atoms with van der Waals surface area (Å²) in [6.07, 6.45) is 6.77. The lowest BCUT2D eigenvalue weighted by Gasteiger charge is -2.53. The number of nitrogens with zero attached hydrogens (tertiary/aromatic N) is 3. The van der Waals surface area contributed by atoms with E-state index in [0.717, 1.165) is 38.9 Å². The third-order valence-corrected chi connectivity index (χ3v) is 5.47. The van der Waals surface area contributed by atoms with Crippen molar-refractivity contribution >= 4 is 6.03 Å². The zero-order valence-electron chi connectivity index (χ0n) is 15.8. The Hall–Kier alpha value is -1.70. The van der Waals surface area contributed by atoms with Gasteiger partial charge >= 0.3 is 6.03 Å². The van der Waals surface area contributed by atoms with E-state index in [-0.39, 0.29) is 12.1 Å². The predicted molar refractivity (Wildman–Crippen MR) is 99.0 cm³/mol. The van der Waals surface area contributed by atoms with E-state index < -0.39 is 0 Å². The third-order valence-electron chi connectivity index (χ3n) is 5.47. The molecular weight excluding hydrogens is 332 g/mol. The summed E-state index contributed by atoms with van der Waals surface area (Å²) in [7, 11) is 3.46. The Morgan fingerprint density at radius 3 is 2.65 bits per heavy atom. The van der Waals surface area contributed by atoms with Gasteiger partial charge in [0.15, 0.2) is 0 Å². The Morgan fingerprint density at radius 1 is 1.27 bits per heavy atom. The average molecular weight is 362 g/mol. The maximum atomic E-state index is 12.2. The first-order valence-electron chi connectivity index (χ1n) is 9.44. The molecule has 2 atom stereocenters. The molecule has 26 heavy (non-hydrogen) atoms. The van der Waals surface area contributed by atoms with E-state index in [2.05, 4.69) is 27.3 Å². The van der Waals surface area contributed by atoms with Gasteiger partial charge in [0.2, 0.25) is 0 Å². The van der Waals surface area contributed by atoms with Crippen molar-refractivity contribution in [2.45, 2.75) is 37.5 Å². The van der Waals surface area contributed by atoms with Crippen molar-refractivity contribution in [3.63, 3.8) is 0 Å². The summed E-state index contributed by atoms with van der Waals surface area (Å²) in [5.74, 6) is 0. The van der Waals surface area contributed by atoms with Gasteiger partial charge in [0.1, 0.15) is 0 Å². The van der Waals surface area contributed by atoms with E-state index in [0.29, 0.717) is 25.2 Å². The fraction of sp³-hybridized carbons (Fsp3) is 0.684. The summed E-state index contributed by atoms with van der Waals surface area (Å²) in [6.45, 7) is 3.90. The number of aromatic nitrogens is 1. The maximum Gasteiger partial charge on any atom is 0.317 e. The highest BCUT2D eigenvalue weighted by Gasteiger charge is 2.44. The fourth-order valence-electron chi connectivity index (χ4n) is 3.97. The van der Waals surface area contributed by atoms with Gasteiger partial charge in [-0.3, -0.25) is 9.88 Å². The molecule has 144 valence electrons. The van der Waals surface area contributed by atoms with Crippen LogP contribution in [0.15, 0.2) is 24.5 Å². The molecule has 7 heteroatoms. The van der Waals surface area contributed by atoms with Crippen LogP contribution in [0, 0.1) is 0 Å². The van der Waals surface area contributed by atoms with Crippen LogP contribution in [0.4, 0.5) is 4.79 Å². The second kappa shape index (κ2) is 9.30. The number of methoxy groups -OCH3 is 2. The van der Waals surface area contributed by atoms with Crippen molar-refractivity contribution in [2.75, 3.05) is 47.0 Å². The Labute approximate surface area is 155 Å². The number of piperidine rings is 1. The van der Waals surface area contributed by atoms with Crippen molar-refractivity contribution in [2.24, 2.45) is 0 Å². The van der Waals surface area contributed by atoms with Gasteiger partial charge in [-0.2, -0.15) is 0 Å². The maximum absolute atomic E-state index is 12.2. The molecule has 2 aliphatic rings. The number of pyridine rings is 1. The number of nitrogens with one attached hydrogen (secondary N) is 1. The van der Waals surface area contributed by atoms with E-state index in [4.69, 9.17) is 9.47 Å². The predicted octanol–water partition coefficient (Wildman–Crippen LogP) is 1.66. The van der Waals surface area contributed by atoms with Gasteiger partial charge in [-0.15, -0.1) is 0 Å². The SMILES string of the molecule is COCCCNC(=O)N1CCC(N2C[C@H](OC)[C@@H]2c2ccncc2)CC1. The lowest BCUT2D eigenvalue weighted by molar-refractivity contribution is -0.115. The third kappa shape index (κ3) is 4.34. The first-order chi connectivity index (χ1) is 12.7. The number of carbonyl (C=O) groups excluding carboxylic acids is 1. The van der Waals surface area contributed by atoms with E-state index in [1.807, 2.05) is 17.3 Å². The highest BCUT2D eigenvalue weighted by Crippen LogP contribution is 2.39. The van der Waals surface area contributed by atoms with E-state index in [1.165, 1.54) is 5.56 Å². The van der Waals surface area contributed by atoms with Crippen LogP contribution >= 0.6 is 0 Å². The molecule has 7 nitrogen and oxygen atoms in total. The summed E-state index contributed by atoms with van der Waals surface area (Å²) >= 11 is 0. The summed E-state index contributed by atoms with van der Waals surface area (Å²) in [4.78, 5) is 20.8. The second-order valence-electron chi connectivity index (χ2n) is 6.99. The topological polar surface area (TPSA) is 66.9 Å². The highest BCUT2D eigenvalue weighted by atomic mass is 16.5. The van der Waals surface area contributed by atoms with Crippen molar-refractivity contribution in [3.8, 4) is 0 Å². The highest BCUT2D eigenvalue weighted by molar-refractivity contribution is 5.74. The lowest BCUT2D eigenvalue weighted by atomic mass is 9.87. The smallest absolute Gasteiger partial charge is 0.317 e. The van der Waals surface area contributed by atoms with E-state index in [9.17, 15) is 4.79 Å². The standard InChI is InChI=1S/C19H30N4O3/c1-25-13-3-8-21-19(24)22-11-6-16(7-12-22)23-14-17(26-2)18(23)15-4-9-20-10-5-15/h4-5,9-10,16-18H,3,6-8,11-14H2,1-2H3,(H,21,24)/t17-,18-/m0/s1. The molecule has 0 radical (unpaired) electrons. The van der Waals surface area contributed by atoms with Gasteiger partial charge in [0.25, 0.3) is 0 Å². The Bertz CT molecular complexity index is 563. The fourth-order valence-corrected chi connectivity index (χ4v) is 3.97. The van der Waals surface area contributed by atoms with Crippen molar-refractivity contribution < 1.29 is 14.3 Å². The molecule has 1 N–H and O–H groups in total. The Morgan fingerprint density at radius 2 is 2.00 bits per heavy atom. The quantitative estimate of drug-likeness (QED) is 0.748. The molecule has 1 aromatic rings. The number of hydrogen-bond acceptors (Lipinski definition) is 5. The number of hydrogen-bond donors (Lipinski definition) is 1. The molecule has 0 saturated carbocycles. The molecular formula is C19H30N4O3. The molecule has 0 spiro atoms. The van der Waals surface area contributed by atoms with Crippen LogP contribution in [0.3, 0.4) is 0 Å². The molecule has 0 bridgehead atoms. The number of ether oxygens (including phenoxy) is 2. The zero-order chi connectivity index (χ0) is 18.4. The average Bonchev–Trinajstić information content (AvgIpc) is 2.66. The van der Waals surface area contributed by atoms with Crippen LogP contribution in [0.25, 0.3) is 0 Å². The number of urea groups is 1. The molecule has 2 fully saturated rings. The lowest BCUT2D eigenvalue weighted by Crippen LogP contribution is -2.60. The summed E-state index contributed by atoms with van der Waals surface area (Å²) < 4.78 is 10.7. The van der Waals surface area contributed by atoms with Crippen LogP contribution in [-0.4, -0.2) is 80.0 Å². The molecule has 2 saturated heterocycles. The van der Waals surface area contributed by atoms with Gasteiger partial charge in [0.05, 0.1) is 12.1 Å². The summed E-state index contributed by atoms with van der Waals surface area (Å²) in [5, 5.41) is 2.98. The Balaban J connectivity index is 1.49. The first-order valence-corrected chi connectivity index (χ1v) is 9.44. The van der Waals surface area contributed by atoms with Crippen LogP contribution in [0.2, 0.25) is 0 Å². The van der Waals surface area contributed by atoms with Gasteiger partial charge < -0.3 is 19.7 Å². The van der Waals surface area contributed by atoms with Gasteiger partial charge in [-0.1, -0.05) is 0 Å². The monoisotopic (exact) mass is 362 g/mol. The minimum Gasteiger partial charge on any atom is -0.385 e. The molecule has 3 heterocycles. The number of rotatable bonds is 7. The number of likely N-dealkylation sites (tertiary alicyclic amines) is 2. The minimum atomic E-state index is 0.0450. The molecule has 1 aromatic heterocycles. The van der Waals surface area contributed by atoms with E-state index in [1.54, 1.807) is 14.2 Å². The molecule has 2 aliphatic heterocycles. The van der Waals surface area contributed by atoms with Crippen LogP contribution in [0.1, 0.15) is 30.9 Å². The molecule has 2 amide bonds. The molecule has 0 aliphatic carbocycles. The number of carbonyl (C=O) groups is 1. The summed E-state index contributed by atoms with van der Waals surface area (Å²) in [6, 6.07) is 4.99. The summed E-state index contributed by atoms with van der Waals surface area (Å²) in [5.41, 5.74) is 1.26. The van der Waals surface area contributed by atoms with Gasteiger partial charge in [-0.05, 0) is 37.0 Å². The Kier molecular flexibility index (Phi) is 6.82. The zero-order valence-corrected chi connectivity index (χ0v) is 15.8. The first kappa shape index (κ1) is 19.1.